The molecule has 0 bridgehead atoms. The topological polar surface area (TPSA) is 57.6 Å². The molecule has 0 aliphatic carbocycles. The number of aryl methyl sites for hydroxylation is 1. The van der Waals surface area contributed by atoms with Gasteiger partial charge >= 0.3 is 0 Å². The van der Waals surface area contributed by atoms with Crippen molar-refractivity contribution in [3.8, 4) is 0 Å². The molecule has 110 valence electrons. The van der Waals surface area contributed by atoms with Crippen LogP contribution in [0, 0.1) is 12.8 Å². The third-order valence-electron chi connectivity index (χ3n) is 3.17. The zero-order chi connectivity index (χ0) is 14.8. The molecule has 4 nitrogen and oxygen atoms in total. The van der Waals surface area contributed by atoms with Crippen LogP contribution in [0.15, 0.2) is 11.0 Å². The second kappa shape index (κ2) is 6.35. The third kappa shape index (κ3) is 3.78. The highest BCUT2D eigenvalue weighted by Crippen LogP contribution is 2.29. The Labute approximate surface area is 120 Å². The summed E-state index contributed by atoms with van der Waals surface area (Å²) in [7, 11) is -1.85. The van der Waals surface area contributed by atoms with E-state index in [1.807, 2.05) is 6.92 Å². The lowest BCUT2D eigenvalue weighted by molar-refractivity contribution is 0.285. The van der Waals surface area contributed by atoms with E-state index in [4.69, 9.17) is 5.11 Å². The van der Waals surface area contributed by atoms with Gasteiger partial charge in [-0.3, -0.25) is 0 Å². The van der Waals surface area contributed by atoms with Crippen molar-refractivity contribution in [1.82, 2.24) is 4.31 Å². The smallest absolute Gasteiger partial charge is 0.244 e. The number of hydrogen-bond acceptors (Lipinski definition) is 4. The average Bonchev–Trinajstić information content (AvgIpc) is 2.69. The van der Waals surface area contributed by atoms with Gasteiger partial charge in [0.05, 0.1) is 11.5 Å². The third-order valence-corrected chi connectivity index (χ3v) is 6.43. The van der Waals surface area contributed by atoms with E-state index in [0.29, 0.717) is 15.7 Å². The molecule has 0 saturated carbocycles. The maximum absolute atomic E-state index is 12.6. The Balaban J connectivity index is 3.05. The van der Waals surface area contributed by atoms with Crippen molar-refractivity contribution < 1.29 is 13.5 Å². The number of thiophene rings is 1. The minimum absolute atomic E-state index is 0.0399. The molecule has 1 atom stereocenters. The van der Waals surface area contributed by atoms with Crippen molar-refractivity contribution in [2.75, 3.05) is 7.05 Å². The molecular formula is C13H23NO3S2. The summed E-state index contributed by atoms with van der Waals surface area (Å²) in [6.45, 7) is 7.74. The monoisotopic (exact) mass is 305 g/mol. The van der Waals surface area contributed by atoms with Crippen molar-refractivity contribution in [3.05, 3.63) is 15.8 Å². The Bertz CT molecular complexity index is 520. The van der Waals surface area contributed by atoms with Crippen molar-refractivity contribution in [2.45, 2.75) is 51.7 Å². The van der Waals surface area contributed by atoms with E-state index < -0.39 is 10.0 Å². The molecule has 6 heteroatoms. The Hall–Kier alpha value is -0.430. The molecule has 0 spiro atoms. The number of rotatable bonds is 6. The minimum atomic E-state index is -3.47. The van der Waals surface area contributed by atoms with Gasteiger partial charge in [0.2, 0.25) is 10.0 Å². The van der Waals surface area contributed by atoms with E-state index >= 15 is 0 Å². The SMILES string of the molecule is Cc1sc(CO)cc1S(=O)(=O)N(C)C(C)CC(C)C. The highest BCUT2D eigenvalue weighted by Gasteiger charge is 2.28. The zero-order valence-corrected chi connectivity index (χ0v) is 13.8. The standard InChI is InChI=1S/C13H23NO3S2/c1-9(2)6-10(3)14(5)19(16,17)13-7-12(8-15)18-11(13)4/h7,9-10,15H,6,8H2,1-5H3. The van der Waals surface area contributed by atoms with E-state index in [1.54, 1.807) is 20.0 Å². The quantitative estimate of drug-likeness (QED) is 0.879. The number of aliphatic hydroxyl groups is 1. The van der Waals surface area contributed by atoms with Gasteiger partial charge in [0.15, 0.2) is 0 Å². The van der Waals surface area contributed by atoms with Crippen LogP contribution in [0.5, 0.6) is 0 Å². The molecule has 0 saturated heterocycles. The predicted molar refractivity (Wildman–Crippen MR) is 78.8 cm³/mol. The first kappa shape index (κ1) is 16.6. The Kier molecular flexibility index (Phi) is 5.55. The van der Waals surface area contributed by atoms with Crippen LogP contribution in [0.2, 0.25) is 0 Å². The average molecular weight is 305 g/mol. The summed E-state index contributed by atoms with van der Waals surface area (Å²) in [5, 5.41) is 9.11. The van der Waals surface area contributed by atoms with Crippen molar-refractivity contribution in [1.29, 1.82) is 0 Å². The maximum atomic E-state index is 12.6. The van der Waals surface area contributed by atoms with Gasteiger partial charge in [-0.15, -0.1) is 11.3 Å². The lowest BCUT2D eigenvalue weighted by atomic mass is 10.1. The van der Waals surface area contributed by atoms with Gasteiger partial charge in [-0.25, -0.2) is 8.42 Å². The minimum Gasteiger partial charge on any atom is -0.391 e. The number of hydrogen-bond donors (Lipinski definition) is 1. The van der Waals surface area contributed by atoms with Crippen LogP contribution in [-0.2, 0) is 16.6 Å². The molecule has 0 aliphatic heterocycles. The molecule has 1 N–H and O–H groups in total. The maximum Gasteiger partial charge on any atom is 0.244 e. The number of nitrogens with zero attached hydrogens (tertiary/aromatic N) is 1. The molecule has 1 unspecified atom stereocenters. The molecular weight excluding hydrogens is 282 g/mol. The predicted octanol–water partition coefficient (Wildman–Crippen LogP) is 2.60. The first-order valence-corrected chi connectivity index (χ1v) is 8.64. The fourth-order valence-electron chi connectivity index (χ4n) is 2.08. The van der Waals surface area contributed by atoms with Crippen LogP contribution >= 0.6 is 11.3 Å². The highest BCUT2D eigenvalue weighted by atomic mass is 32.2. The summed E-state index contributed by atoms with van der Waals surface area (Å²) >= 11 is 1.33. The number of sulfonamides is 1. The lowest BCUT2D eigenvalue weighted by Crippen LogP contribution is -2.36. The Morgan fingerprint density at radius 1 is 1.37 bits per heavy atom. The summed E-state index contributed by atoms with van der Waals surface area (Å²) in [5.41, 5.74) is 0. The van der Waals surface area contributed by atoms with Gasteiger partial charge in [0, 0.05) is 22.8 Å². The van der Waals surface area contributed by atoms with E-state index in [1.165, 1.54) is 15.6 Å². The Morgan fingerprint density at radius 3 is 2.37 bits per heavy atom. The highest BCUT2D eigenvalue weighted by molar-refractivity contribution is 7.89. The van der Waals surface area contributed by atoms with Crippen LogP contribution in [-0.4, -0.2) is 30.9 Å². The fourth-order valence-corrected chi connectivity index (χ4v) is 4.92. The summed E-state index contributed by atoms with van der Waals surface area (Å²) in [6.07, 6.45) is 0.825. The van der Waals surface area contributed by atoms with Gasteiger partial charge in [-0.05, 0) is 32.3 Å². The summed E-state index contributed by atoms with van der Waals surface area (Å²) in [6, 6.07) is 1.54. The second-order valence-electron chi connectivity index (χ2n) is 5.29. The summed E-state index contributed by atoms with van der Waals surface area (Å²) in [4.78, 5) is 1.73. The molecule has 0 amide bonds. The first-order valence-electron chi connectivity index (χ1n) is 6.38. The van der Waals surface area contributed by atoms with Crippen molar-refractivity contribution in [3.63, 3.8) is 0 Å². The van der Waals surface area contributed by atoms with Crippen molar-refractivity contribution >= 4 is 21.4 Å². The molecule has 0 fully saturated rings. The van der Waals surface area contributed by atoms with E-state index in [-0.39, 0.29) is 12.6 Å². The van der Waals surface area contributed by atoms with Crippen LogP contribution in [0.4, 0.5) is 0 Å². The number of aliphatic hydroxyl groups excluding tert-OH is 1. The van der Waals surface area contributed by atoms with Gasteiger partial charge < -0.3 is 5.11 Å². The second-order valence-corrected chi connectivity index (χ2v) is 8.60. The van der Waals surface area contributed by atoms with Crippen molar-refractivity contribution in [2.24, 2.45) is 5.92 Å². The zero-order valence-electron chi connectivity index (χ0n) is 12.2. The largest absolute Gasteiger partial charge is 0.391 e. The van der Waals surface area contributed by atoms with Gasteiger partial charge in [-0.1, -0.05) is 13.8 Å². The molecule has 1 heterocycles. The van der Waals surface area contributed by atoms with Gasteiger partial charge in [0.1, 0.15) is 0 Å². The van der Waals surface area contributed by atoms with Crippen LogP contribution in [0.1, 0.15) is 36.9 Å². The molecule has 1 aromatic heterocycles. The molecule has 0 radical (unpaired) electrons. The summed E-state index contributed by atoms with van der Waals surface area (Å²) in [5.74, 6) is 0.448. The molecule has 1 rings (SSSR count). The molecule has 0 aromatic carbocycles. The molecule has 1 aromatic rings. The van der Waals surface area contributed by atoms with Crippen LogP contribution in [0.25, 0.3) is 0 Å². The molecule has 0 aliphatic rings. The first-order chi connectivity index (χ1) is 8.70. The normalized spacial score (nSPS) is 14.3. The van der Waals surface area contributed by atoms with Gasteiger partial charge in [-0.2, -0.15) is 4.31 Å². The van der Waals surface area contributed by atoms with E-state index in [9.17, 15) is 8.42 Å². The molecule has 19 heavy (non-hydrogen) atoms. The Morgan fingerprint density at radius 2 is 1.95 bits per heavy atom. The summed E-state index contributed by atoms with van der Waals surface area (Å²) < 4.78 is 26.5. The fraction of sp³-hybridized carbons (Fsp3) is 0.692. The van der Waals surface area contributed by atoms with Crippen LogP contribution in [0.3, 0.4) is 0 Å². The van der Waals surface area contributed by atoms with E-state index in [0.717, 1.165) is 11.3 Å². The van der Waals surface area contributed by atoms with E-state index in [2.05, 4.69) is 13.8 Å². The van der Waals surface area contributed by atoms with Gasteiger partial charge in [0.25, 0.3) is 0 Å². The lowest BCUT2D eigenvalue weighted by Gasteiger charge is -2.25. The van der Waals surface area contributed by atoms with Crippen LogP contribution < -0.4 is 0 Å².